The Bertz CT molecular complexity index is 443. The van der Waals surface area contributed by atoms with E-state index >= 15 is 0 Å². The first kappa shape index (κ1) is 14.7. The summed E-state index contributed by atoms with van der Waals surface area (Å²) in [5, 5.41) is 23.9. The van der Waals surface area contributed by atoms with Gasteiger partial charge in [-0.2, -0.15) is 0 Å². The average molecular weight is 273 g/mol. The standard InChI is InChI=1S/C12H17ClN2O3/c1-12(2,3)11(16)7-14-9-5-4-8(13)6-10(9)15(17)18/h4-6,11,14,16H,7H2,1-3H3. The van der Waals surface area contributed by atoms with E-state index in [9.17, 15) is 15.2 Å². The third kappa shape index (κ3) is 3.85. The highest BCUT2D eigenvalue weighted by Gasteiger charge is 2.23. The fraction of sp³-hybridized carbons (Fsp3) is 0.500. The second-order valence-corrected chi connectivity index (χ2v) is 5.62. The molecule has 100 valence electrons. The number of rotatable bonds is 4. The van der Waals surface area contributed by atoms with Crippen molar-refractivity contribution in [3.8, 4) is 0 Å². The summed E-state index contributed by atoms with van der Waals surface area (Å²) in [6, 6.07) is 4.39. The molecule has 0 aromatic heterocycles. The highest BCUT2D eigenvalue weighted by Crippen LogP contribution is 2.28. The number of nitro groups is 1. The van der Waals surface area contributed by atoms with Crippen molar-refractivity contribution in [1.29, 1.82) is 0 Å². The maximum absolute atomic E-state index is 10.9. The van der Waals surface area contributed by atoms with Crippen molar-refractivity contribution < 1.29 is 10.0 Å². The Kier molecular flexibility index (Phi) is 4.53. The number of nitro benzene ring substituents is 1. The Labute approximate surface area is 111 Å². The molecule has 18 heavy (non-hydrogen) atoms. The zero-order valence-electron chi connectivity index (χ0n) is 10.6. The average Bonchev–Trinajstić information content (AvgIpc) is 2.25. The lowest BCUT2D eigenvalue weighted by Gasteiger charge is -2.26. The molecule has 0 aliphatic carbocycles. The fourth-order valence-electron chi connectivity index (χ4n) is 1.32. The first-order valence-corrected chi connectivity index (χ1v) is 5.95. The second kappa shape index (κ2) is 5.54. The maximum atomic E-state index is 10.9. The van der Waals surface area contributed by atoms with Crippen LogP contribution in [0.4, 0.5) is 11.4 Å². The van der Waals surface area contributed by atoms with E-state index in [0.717, 1.165) is 0 Å². The van der Waals surface area contributed by atoms with E-state index in [1.54, 1.807) is 6.07 Å². The monoisotopic (exact) mass is 272 g/mol. The summed E-state index contributed by atoms with van der Waals surface area (Å²) >= 11 is 5.71. The van der Waals surface area contributed by atoms with Crippen LogP contribution in [0.5, 0.6) is 0 Å². The molecule has 1 aromatic rings. The van der Waals surface area contributed by atoms with Crippen LogP contribution >= 0.6 is 11.6 Å². The molecule has 0 aliphatic rings. The largest absolute Gasteiger partial charge is 0.391 e. The molecule has 0 saturated carbocycles. The molecular formula is C12H17ClN2O3. The fourth-order valence-corrected chi connectivity index (χ4v) is 1.48. The minimum absolute atomic E-state index is 0.0939. The van der Waals surface area contributed by atoms with Gasteiger partial charge in [0, 0.05) is 17.6 Å². The van der Waals surface area contributed by atoms with Crippen molar-refractivity contribution in [2.45, 2.75) is 26.9 Å². The molecule has 2 N–H and O–H groups in total. The van der Waals surface area contributed by atoms with Gasteiger partial charge in [-0.1, -0.05) is 32.4 Å². The Morgan fingerprint density at radius 2 is 2.11 bits per heavy atom. The molecule has 1 atom stereocenters. The SMILES string of the molecule is CC(C)(C)C(O)CNc1ccc(Cl)cc1[N+](=O)[O-]. The number of anilines is 1. The van der Waals surface area contributed by atoms with Crippen molar-refractivity contribution in [1.82, 2.24) is 0 Å². The molecule has 1 unspecified atom stereocenters. The summed E-state index contributed by atoms with van der Waals surface area (Å²) in [6.45, 7) is 5.94. The zero-order valence-corrected chi connectivity index (χ0v) is 11.4. The van der Waals surface area contributed by atoms with E-state index in [0.29, 0.717) is 10.7 Å². The third-order valence-electron chi connectivity index (χ3n) is 2.64. The molecular weight excluding hydrogens is 256 g/mol. The highest BCUT2D eigenvalue weighted by atomic mass is 35.5. The van der Waals surface area contributed by atoms with Crippen molar-refractivity contribution in [3.63, 3.8) is 0 Å². The van der Waals surface area contributed by atoms with Crippen LogP contribution in [0.15, 0.2) is 18.2 Å². The summed E-state index contributed by atoms with van der Waals surface area (Å²) in [6.07, 6.45) is -0.604. The lowest BCUT2D eigenvalue weighted by atomic mass is 9.89. The summed E-state index contributed by atoms with van der Waals surface area (Å²) in [7, 11) is 0. The third-order valence-corrected chi connectivity index (χ3v) is 2.88. The number of halogens is 1. The van der Waals surface area contributed by atoms with E-state index in [2.05, 4.69) is 5.32 Å². The van der Waals surface area contributed by atoms with Crippen LogP contribution in [-0.2, 0) is 0 Å². The molecule has 0 heterocycles. The number of benzene rings is 1. The van der Waals surface area contributed by atoms with Gasteiger partial charge in [-0.05, 0) is 17.5 Å². The van der Waals surface area contributed by atoms with E-state index in [4.69, 9.17) is 11.6 Å². The predicted molar refractivity (Wildman–Crippen MR) is 72.1 cm³/mol. The number of aliphatic hydroxyl groups is 1. The highest BCUT2D eigenvalue weighted by molar-refractivity contribution is 6.30. The first-order valence-electron chi connectivity index (χ1n) is 5.57. The van der Waals surface area contributed by atoms with Gasteiger partial charge in [0.2, 0.25) is 0 Å². The van der Waals surface area contributed by atoms with Gasteiger partial charge in [0.25, 0.3) is 5.69 Å². The molecule has 5 nitrogen and oxygen atoms in total. The maximum Gasteiger partial charge on any atom is 0.293 e. The van der Waals surface area contributed by atoms with Crippen molar-refractivity contribution in [3.05, 3.63) is 33.3 Å². The smallest absolute Gasteiger partial charge is 0.293 e. The van der Waals surface area contributed by atoms with Gasteiger partial charge in [-0.15, -0.1) is 0 Å². The van der Waals surface area contributed by atoms with Gasteiger partial charge < -0.3 is 10.4 Å². The predicted octanol–water partition coefficient (Wildman–Crippen LogP) is 3.07. The summed E-state index contributed by atoms with van der Waals surface area (Å²) in [5.74, 6) is 0. The van der Waals surface area contributed by atoms with Crippen LogP contribution < -0.4 is 5.32 Å². The Balaban J connectivity index is 2.82. The Morgan fingerprint density at radius 3 is 2.61 bits per heavy atom. The zero-order chi connectivity index (χ0) is 13.9. The van der Waals surface area contributed by atoms with Crippen LogP contribution in [0.25, 0.3) is 0 Å². The minimum Gasteiger partial charge on any atom is -0.391 e. The van der Waals surface area contributed by atoms with Gasteiger partial charge in [0.1, 0.15) is 5.69 Å². The van der Waals surface area contributed by atoms with Crippen molar-refractivity contribution in [2.75, 3.05) is 11.9 Å². The Hall–Kier alpha value is -1.33. The Morgan fingerprint density at radius 1 is 1.50 bits per heavy atom. The molecule has 0 amide bonds. The van der Waals surface area contributed by atoms with Crippen molar-refractivity contribution >= 4 is 23.0 Å². The number of aliphatic hydroxyl groups excluding tert-OH is 1. The van der Waals surface area contributed by atoms with Crippen LogP contribution in [0, 0.1) is 15.5 Å². The number of nitrogens with one attached hydrogen (secondary N) is 1. The van der Waals surface area contributed by atoms with Gasteiger partial charge in [-0.25, -0.2) is 0 Å². The molecule has 0 bridgehead atoms. The van der Waals surface area contributed by atoms with E-state index in [1.165, 1.54) is 12.1 Å². The molecule has 0 saturated heterocycles. The molecule has 6 heteroatoms. The summed E-state index contributed by atoms with van der Waals surface area (Å²) in [5.41, 5.74) is -0.0231. The van der Waals surface area contributed by atoms with Crippen molar-refractivity contribution in [2.24, 2.45) is 5.41 Å². The quantitative estimate of drug-likeness (QED) is 0.652. The lowest BCUT2D eigenvalue weighted by Crippen LogP contribution is -2.32. The lowest BCUT2D eigenvalue weighted by molar-refractivity contribution is -0.383. The molecule has 1 aromatic carbocycles. The number of hydrogen-bond donors (Lipinski definition) is 2. The summed E-state index contributed by atoms with van der Waals surface area (Å²) in [4.78, 5) is 10.4. The molecule has 0 spiro atoms. The normalized spacial score (nSPS) is 13.2. The van der Waals surface area contributed by atoms with Gasteiger partial charge >= 0.3 is 0 Å². The molecule has 0 radical (unpaired) electrons. The number of hydrogen-bond acceptors (Lipinski definition) is 4. The van der Waals surface area contributed by atoms with Crippen LogP contribution in [0.1, 0.15) is 20.8 Å². The van der Waals surface area contributed by atoms with E-state index in [-0.39, 0.29) is 17.6 Å². The topological polar surface area (TPSA) is 75.4 Å². The van der Waals surface area contributed by atoms with Crippen LogP contribution in [0.2, 0.25) is 5.02 Å². The summed E-state index contributed by atoms with van der Waals surface area (Å²) < 4.78 is 0. The number of nitrogens with zero attached hydrogens (tertiary/aromatic N) is 1. The minimum atomic E-state index is -0.604. The molecule has 0 aliphatic heterocycles. The van der Waals surface area contributed by atoms with E-state index in [1.807, 2.05) is 20.8 Å². The van der Waals surface area contributed by atoms with Crippen LogP contribution in [0.3, 0.4) is 0 Å². The first-order chi connectivity index (χ1) is 8.21. The molecule has 1 rings (SSSR count). The van der Waals surface area contributed by atoms with Gasteiger partial charge in [0.15, 0.2) is 0 Å². The molecule has 0 fully saturated rings. The second-order valence-electron chi connectivity index (χ2n) is 5.18. The van der Waals surface area contributed by atoms with E-state index < -0.39 is 11.0 Å². The van der Waals surface area contributed by atoms with Gasteiger partial charge in [-0.3, -0.25) is 10.1 Å². The van der Waals surface area contributed by atoms with Crippen LogP contribution in [-0.4, -0.2) is 22.7 Å². The van der Waals surface area contributed by atoms with Gasteiger partial charge in [0.05, 0.1) is 11.0 Å².